The molecule has 0 radical (unpaired) electrons. The highest BCUT2D eigenvalue weighted by Gasteiger charge is 2.19. The van der Waals surface area contributed by atoms with Crippen LogP contribution >= 0.6 is 24.0 Å². The number of aliphatic imine (C=N–C) groups is 1. The van der Waals surface area contributed by atoms with E-state index >= 15 is 0 Å². The average Bonchev–Trinajstić information content (AvgIpc) is 2.65. The van der Waals surface area contributed by atoms with Gasteiger partial charge in [-0.25, -0.2) is 0 Å². The molecule has 1 aromatic rings. The zero-order valence-electron chi connectivity index (χ0n) is 16.5. The second kappa shape index (κ2) is 11.4. The Balaban J connectivity index is 0.00000338. The van der Waals surface area contributed by atoms with E-state index in [0.29, 0.717) is 11.5 Å². The fraction of sp³-hybridized carbons (Fsp3) is 0.632. The van der Waals surface area contributed by atoms with Crippen LogP contribution in [0.1, 0.15) is 25.3 Å². The van der Waals surface area contributed by atoms with Gasteiger partial charge in [-0.05, 0) is 31.2 Å². The molecule has 26 heavy (non-hydrogen) atoms. The first kappa shape index (κ1) is 22.7. The third-order valence-electron chi connectivity index (χ3n) is 4.76. The molecule has 0 saturated carbocycles. The second-order valence-electron chi connectivity index (χ2n) is 6.39. The highest BCUT2D eigenvalue weighted by molar-refractivity contribution is 14.0. The van der Waals surface area contributed by atoms with E-state index in [9.17, 15) is 0 Å². The number of hydrogen-bond acceptors (Lipinski definition) is 4. The molecule has 1 N–H and O–H groups in total. The Kier molecular flexibility index (Phi) is 9.90. The normalized spacial score (nSPS) is 15.3. The summed E-state index contributed by atoms with van der Waals surface area (Å²) in [6.07, 6.45) is 3.27. The number of likely N-dealkylation sites (tertiary alicyclic amines) is 1. The largest absolute Gasteiger partial charge is 0.493 e. The molecule has 0 amide bonds. The van der Waals surface area contributed by atoms with Crippen molar-refractivity contribution in [2.75, 3.05) is 48.0 Å². The first-order chi connectivity index (χ1) is 12.1. The molecular formula is C19H32IN3O3. The summed E-state index contributed by atoms with van der Waals surface area (Å²) >= 11 is 0. The topological polar surface area (TPSA) is 55.3 Å². The number of nitrogens with zero attached hydrogens (tertiary/aromatic N) is 2. The number of guanidine groups is 1. The summed E-state index contributed by atoms with van der Waals surface area (Å²) in [4.78, 5) is 6.77. The Morgan fingerprint density at radius 1 is 1.12 bits per heavy atom. The molecule has 0 aliphatic carbocycles. The van der Waals surface area contributed by atoms with Gasteiger partial charge in [-0.3, -0.25) is 4.99 Å². The Morgan fingerprint density at radius 2 is 1.77 bits per heavy atom. The van der Waals surface area contributed by atoms with Gasteiger partial charge in [0.05, 0.1) is 21.3 Å². The van der Waals surface area contributed by atoms with Gasteiger partial charge in [-0.2, -0.15) is 0 Å². The van der Waals surface area contributed by atoms with Crippen LogP contribution in [-0.2, 0) is 6.42 Å². The zero-order valence-corrected chi connectivity index (χ0v) is 18.8. The van der Waals surface area contributed by atoms with Crippen LogP contribution < -0.4 is 19.5 Å². The van der Waals surface area contributed by atoms with Crippen molar-refractivity contribution >= 4 is 29.9 Å². The third kappa shape index (κ3) is 5.56. The first-order valence-electron chi connectivity index (χ1n) is 8.88. The minimum absolute atomic E-state index is 0. The zero-order chi connectivity index (χ0) is 18.2. The van der Waals surface area contributed by atoms with Crippen LogP contribution in [0.2, 0.25) is 0 Å². The predicted molar refractivity (Wildman–Crippen MR) is 117 cm³/mol. The minimum Gasteiger partial charge on any atom is -0.493 e. The second-order valence-corrected chi connectivity index (χ2v) is 6.39. The van der Waals surface area contributed by atoms with Crippen LogP contribution in [-0.4, -0.2) is 58.9 Å². The molecule has 0 spiro atoms. The molecule has 1 aliphatic heterocycles. The Hall–Kier alpha value is -1.38. The Morgan fingerprint density at radius 3 is 2.31 bits per heavy atom. The van der Waals surface area contributed by atoms with Crippen molar-refractivity contribution in [1.29, 1.82) is 0 Å². The number of piperidine rings is 1. The van der Waals surface area contributed by atoms with Crippen molar-refractivity contribution in [3.8, 4) is 17.2 Å². The number of hydrogen-bond donors (Lipinski definition) is 1. The van der Waals surface area contributed by atoms with Gasteiger partial charge in [-0.1, -0.05) is 13.0 Å². The lowest BCUT2D eigenvalue weighted by atomic mass is 9.99. The van der Waals surface area contributed by atoms with Gasteiger partial charge in [-0.15, -0.1) is 24.0 Å². The van der Waals surface area contributed by atoms with Gasteiger partial charge < -0.3 is 24.4 Å². The maximum absolute atomic E-state index is 5.55. The molecule has 1 fully saturated rings. The molecule has 2 rings (SSSR count). The summed E-state index contributed by atoms with van der Waals surface area (Å²) in [6, 6.07) is 3.94. The smallest absolute Gasteiger partial charge is 0.203 e. The quantitative estimate of drug-likeness (QED) is 0.388. The molecule has 0 bridgehead atoms. The van der Waals surface area contributed by atoms with Crippen molar-refractivity contribution in [3.63, 3.8) is 0 Å². The van der Waals surface area contributed by atoms with E-state index < -0.39 is 0 Å². The monoisotopic (exact) mass is 477 g/mol. The van der Waals surface area contributed by atoms with E-state index in [1.54, 1.807) is 21.3 Å². The maximum Gasteiger partial charge on any atom is 0.203 e. The third-order valence-corrected chi connectivity index (χ3v) is 4.76. The number of benzene rings is 1. The maximum atomic E-state index is 5.55. The summed E-state index contributed by atoms with van der Waals surface area (Å²) in [5.41, 5.74) is 1.08. The van der Waals surface area contributed by atoms with Gasteiger partial charge in [0.15, 0.2) is 17.5 Å². The number of methoxy groups -OCH3 is 3. The molecule has 7 heteroatoms. The lowest BCUT2D eigenvalue weighted by molar-refractivity contribution is 0.273. The van der Waals surface area contributed by atoms with Crippen LogP contribution in [0.15, 0.2) is 17.1 Å². The fourth-order valence-corrected chi connectivity index (χ4v) is 3.22. The molecule has 0 unspecified atom stereocenters. The van der Waals surface area contributed by atoms with Gasteiger partial charge >= 0.3 is 0 Å². The summed E-state index contributed by atoms with van der Waals surface area (Å²) < 4.78 is 16.3. The number of ether oxygens (including phenoxy) is 3. The predicted octanol–water partition coefficient (Wildman–Crippen LogP) is 3.18. The van der Waals surface area contributed by atoms with E-state index in [-0.39, 0.29) is 24.0 Å². The standard InChI is InChI=1S/C19H31N3O3.HI/c1-14-9-12-22(13-10-14)19(20-2)21-11-8-15-6-7-16(23-3)18(25-5)17(15)24-4;/h6-7,14H,8-13H2,1-5H3,(H,20,21);1H. The van der Waals surface area contributed by atoms with Crippen LogP contribution in [0.3, 0.4) is 0 Å². The SMILES string of the molecule is CN=C(NCCc1ccc(OC)c(OC)c1OC)N1CCC(C)CC1.I. The molecule has 148 valence electrons. The van der Waals surface area contributed by atoms with E-state index in [0.717, 1.165) is 49.2 Å². The lowest BCUT2D eigenvalue weighted by Crippen LogP contribution is -2.45. The van der Waals surface area contributed by atoms with Crippen LogP contribution in [0.25, 0.3) is 0 Å². The fourth-order valence-electron chi connectivity index (χ4n) is 3.22. The van der Waals surface area contributed by atoms with Crippen LogP contribution in [0.4, 0.5) is 0 Å². The molecule has 1 aliphatic rings. The van der Waals surface area contributed by atoms with Crippen LogP contribution in [0.5, 0.6) is 17.2 Å². The summed E-state index contributed by atoms with van der Waals surface area (Å²) in [7, 11) is 6.75. The van der Waals surface area contributed by atoms with E-state index in [2.05, 4.69) is 22.1 Å². The highest BCUT2D eigenvalue weighted by Crippen LogP contribution is 2.39. The van der Waals surface area contributed by atoms with Crippen LogP contribution in [0, 0.1) is 5.92 Å². The van der Waals surface area contributed by atoms with Gasteiger partial charge in [0, 0.05) is 32.2 Å². The first-order valence-corrected chi connectivity index (χ1v) is 8.88. The molecule has 0 aromatic heterocycles. The van der Waals surface area contributed by atoms with Crippen molar-refractivity contribution in [1.82, 2.24) is 10.2 Å². The number of nitrogens with one attached hydrogen (secondary N) is 1. The highest BCUT2D eigenvalue weighted by atomic mass is 127. The molecule has 6 nitrogen and oxygen atoms in total. The van der Waals surface area contributed by atoms with Gasteiger partial charge in [0.25, 0.3) is 0 Å². The van der Waals surface area contributed by atoms with E-state index in [1.165, 1.54) is 12.8 Å². The van der Waals surface area contributed by atoms with E-state index in [4.69, 9.17) is 14.2 Å². The summed E-state index contributed by atoms with van der Waals surface area (Å²) in [5.74, 6) is 3.83. The average molecular weight is 477 g/mol. The van der Waals surface area contributed by atoms with Crippen molar-refractivity contribution < 1.29 is 14.2 Å². The minimum atomic E-state index is 0. The molecule has 0 atom stereocenters. The molecule has 1 saturated heterocycles. The summed E-state index contributed by atoms with van der Waals surface area (Å²) in [5, 5.41) is 3.47. The molecule has 1 aromatic carbocycles. The van der Waals surface area contributed by atoms with Crippen molar-refractivity contribution in [3.05, 3.63) is 17.7 Å². The van der Waals surface area contributed by atoms with Crippen molar-refractivity contribution in [2.24, 2.45) is 10.9 Å². The van der Waals surface area contributed by atoms with Gasteiger partial charge in [0.1, 0.15) is 0 Å². The Bertz CT molecular complexity index is 588. The van der Waals surface area contributed by atoms with E-state index in [1.807, 2.05) is 19.2 Å². The van der Waals surface area contributed by atoms with Gasteiger partial charge in [0.2, 0.25) is 5.75 Å². The Labute approximate surface area is 174 Å². The molecular weight excluding hydrogens is 445 g/mol. The number of halogens is 1. The lowest BCUT2D eigenvalue weighted by Gasteiger charge is -2.33. The van der Waals surface area contributed by atoms with Crippen molar-refractivity contribution in [2.45, 2.75) is 26.2 Å². The molecule has 1 heterocycles. The summed E-state index contributed by atoms with van der Waals surface area (Å²) in [6.45, 7) is 5.24. The number of rotatable bonds is 6.